The summed E-state index contributed by atoms with van der Waals surface area (Å²) >= 11 is 0. The summed E-state index contributed by atoms with van der Waals surface area (Å²) in [5.41, 5.74) is 7.15. The molecule has 2 aromatic rings. The summed E-state index contributed by atoms with van der Waals surface area (Å²) in [7, 11) is 0. The lowest BCUT2D eigenvalue weighted by molar-refractivity contribution is 0.0349. The van der Waals surface area contributed by atoms with Gasteiger partial charge in [-0.15, -0.1) is 0 Å². The molecule has 1 aliphatic heterocycles. The standard InChI is InChI=1S/C23H30N2O/c1-17(2)25-11-10-24(16-21(25)9-12-26)15-18-7-8-23-20(13-18)14-19-5-3-4-6-22(19)23/h3-8,13,17,21,26H,9-12,14-16H2,1-2H3/t21-/m0/s1. The van der Waals surface area contributed by atoms with Crippen LogP contribution in [-0.2, 0) is 13.0 Å². The van der Waals surface area contributed by atoms with E-state index in [2.05, 4.69) is 66.1 Å². The second-order valence-corrected chi connectivity index (χ2v) is 8.06. The van der Waals surface area contributed by atoms with E-state index in [1.165, 1.54) is 27.8 Å². The van der Waals surface area contributed by atoms with Gasteiger partial charge in [0, 0.05) is 44.9 Å². The molecule has 1 saturated heterocycles. The zero-order valence-corrected chi connectivity index (χ0v) is 16.0. The van der Waals surface area contributed by atoms with E-state index in [-0.39, 0.29) is 6.61 Å². The van der Waals surface area contributed by atoms with Gasteiger partial charge < -0.3 is 5.11 Å². The minimum absolute atomic E-state index is 0.277. The van der Waals surface area contributed by atoms with E-state index in [0.717, 1.165) is 39.0 Å². The number of aliphatic hydroxyl groups is 1. The van der Waals surface area contributed by atoms with Crippen molar-refractivity contribution in [3.63, 3.8) is 0 Å². The Morgan fingerprint density at radius 2 is 1.85 bits per heavy atom. The van der Waals surface area contributed by atoms with Crippen molar-refractivity contribution in [3.8, 4) is 11.1 Å². The van der Waals surface area contributed by atoms with Crippen LogP contribution >= 0.6 is 0 Å². The summed E-state index contributed by atoms with van der Waals surface area (Å²) in [6.45, 7) is 9.07. The second kappa shape index (κ2) is 7.51. The Labute approximate surface area is 157 Å². The lowest BCUT2D eigenvalue weighted by Gasteiger charge is -2.43. The van der Waals surface area contributed by atoms with Crippen LogP contribution in [0.5, 0.6) is 0 Å². The number of piperazine rings is 1. The van der Waals surface area contributed by atoms with Gasteiger partial charge in [-0.3, -0.25) is 9.80 Å². The second-order valence-electron chi connectivity index (χ2n) is 8.06. The molecular formula is C23H30N2O. The Balaban J connectivity index is 1.46. The number of hydrogen-bond acceptors (Lipinski definition) is 3. The molecule has 2 aromatic carbocycles. The van der Waals surface area contributed by atoms with Crippen molar-refractivity contribution in [2.45, 2.75) is 45.3 Å². The van der Waals surface area contributed by atoms with Gasteiger partial charge in [0.15, 0.2) is 0 Å². The molecule has 1 atom stereocenters. The van der Waals surface area contributed by atoms with Crippen molar-refractivity contribution in [2.24, 2.45) is 0 Å². The Kier molecular flexibility index (Phi) is 5.12. The van der Waals surface area contributed by atoms with Crippen molar-refractivity contribution in [2.75, 3.05) is 26.2 Å². The van der Waals surface area contributed by atoms with Crippen LogP contribution < -0.4 is 0 Å². The first-order valence-electron chi connectivity index (χ1n) is 9.94. The first-order valence-corrected chi connectivity index (χ1v) is 9.94. The number of nitrogens with zero attached hydrogens (tertiary/aromatic N) is 2. The highest BCUT2D eigenvalue weighted by Crippen LogP contribution is 2.36. The van der Waals surface area contributed by atoms with E-state index < -0.39 is 0 Å². The Bertz CT molecular complexity index is 771. The Morgan fingerprint density at radius 3 is 2.65 bits per heavy atom. The van der Waals surface area contributed by atoms with Gasteiger partial charge in [0.2, 0.25) is 0 Å². The minimum Gasteiger partial charge on any atom is -0.396 e. The van der Waals surface area contributed by atoms with Crippen LogP contribution in [0.1, 0.15) is 37.0 Å². The molecule has 0 amide bonds. The molecule has 0 saturated carbocycles. The topological polar surface area (TPSA) is 26.7 Å². The van der Waals surface area contributed by atoms with Crippen molar-refractivity contribution < 1.29 is 5.11 Å². The van der Waals surface area contributed by atoms with E-state index in [0.29, 0.717) is 12.1 Å². The van der Waals surface area contributed by atoms with E-state index >= 15 is 0 Å². The van der Waals surface area contributed by atoms with Crippen LogP contribution in [0.2, 0.25) is 0 Å². The molecule has 138 valence electrons. The highest BCUT2D eigenvalue weighted by Gasteiger charge is 2.28. The maximum Gasteiger partial charge on any atom is 0.0446 e. The highest BCUT2D eigenvalue weighted by atomic mass is 16.3. The number of rotatable bonds is 5. The third-order valence-electron chi connectivity index (χ3n) is 6.00. The van der Waals surface area contributed by atoms with Gasteiger partial charge in [0.05, 0.1) is 0 Å². The highest BCUT2D eigenvalue weighted by molar-refractivity contribution is 5.76. The van der Waals surface area contributed by atoms with Gasteiger partial charge in [-0.2, -0.15) is 0 Å². The fourth-order valence-corrected chi connectivity index (χ4v) is 4.72. The monoisotopic (exact) mass is 350 g/mol. The van der Waals surface area contributed by atoms with Crippen LogP contribution in [0.25, 0.3) is 11.1 Å². The Hall–Kier alpha value is -1.68. The molecule has 0 bridgehead atoms. The first kappa shape index (κ1) is 17.7. The first-order chi connectivity index (χ1) is 12.7. The summed E-state index contributed by atoms with van der Waals surface area (Å²) in [6.07, 6.45) is 1.93. The predicted octanol–water partition coefficient (Wildman–Crippen LogP) is 3.53. The quantitative estimate of drug-likeness (QED) is 0.762. The van der Waals surface area contributed by atoms with Crippen LogP contribution in [0.15, 0.2) is 42.5 Å². The molecule has 3 nitrogen and oxygen atoms in total. The summed E-state index contributed by atoms with van der Waals surface area (Å²) in [5.74, 6) is 0. The van der Waals surface area contributed by atoms with E-state index in [9.17, 15) is 5.11 Å². The zero-order chi connectivity index (χ0) is 18.1. The molecule has 0 spiro atoms. The smallest absolute Gasteiger partial charge is 0.0446 e. The van der Waals surface area contributed by atoms with Crippen molar-refractivity contribution >= 4 is 0 Å². The summed E-state index contributed by atoms with van der Waals surface area (Å²) in [6, 6.07) is 16.8. The SMILES string of the molecule is CC(C)N1CCN(Cc2ccc3c(c2)Cc2ccccc2-3)C[C@@H]1CCO. The summed E-state index contributed by atoms with van der Waals surface area (Å²) < 4.78 is 0. The lowest BCUT2D eigenvalue weighted by atomic mass is 10.0. The van der Waals surface area contributed by atoms with Crippen LogP contribution in [-0.4, -0.2) is 53.2 Å². The van der Waals surface area contributed by atoms with Crippen LogP contribution in [0.4, 0.5) is 0 Å². The molecule has 1 aliphatic carbocycles. The third-order valence-corrected chi connectivity index (χ3v) is 6.00. The minimum atomic E-state index is 0.277. The van der Waals surface area contributed by atoms with Gasteiger partial charge in [-0.05, 0) is 54.5 Å². The van der Waals surface area contributed by atoms with Gasteiger partial charge in [-0.25, -0.2) is 0 Å². The largest absolute Gasteiger partial charge is 0.396 e. The molecule has 0 unspecified atom stereocenters. The fourth-order valence-electron chi connectivity index (χ4n) is 4.72. The summed E-state index contributed by atoms with van der Waals surface area (Å²) in [5, 5.41) is 9.44. The molecule has 0 aromatic heterocycles. The maximum atomic E-state index is 9.44. The van der Waals surface area contributed by atoms with Gasteiger partial charge in [0.1, 0.15) is 0 Å². The Morgan fingerprint density at radius 1 is 1.04 bits per heavy atom. The molecule has 4 rings (SSSR count). The lowest BCUT2D eigenvalue weighted by Crippen LogP contribution is -2.55. The van der Waals surface area contributed by atoms with Gasteiger partial charge >= 0.3 is 0 Å². The van der Waals surface area contributed by atoms with Crippen LogP contribution in [0, 0.1) is 0 Å². The third kappa shape index (κ3) is 3.44. The van der Waals surface area contributed by atoms with Crippen molar-refractivity contribution in [1.82, 2.24) is 9.80 Å². The zero-order valence-electron chi connectivity index (χ0n) is 16.0. The molecule has 26 heavy (non-hydrogen) atoms. The van der Waals surface area contributed by atoms with E-state index in [4.69, 9.17) is 0 Å². The maximum absolute atomic E-state index is 9.44. The molecule has 0 radical (unpaired) electrons. The molecule has 3 heteroatoms. The van der Waals surface area contributed by atoms with Gasteiger partial charge in [0.25, 0.3) is 0 Å². The van der Waals surface area contributed by atoms with E-state index in [1.54, 1.807) is 0 Å². The number of fused-ring (bicyclic) bond motifs is 3. The van der Waals surface area contributed by atoms with Gasteiger partial charge in [-0.1, -0.05) is 42.5 Å². The number of hydrogen-bond donors (Lipinski definition) is 1. The predicted molar refractivity (Wildman–Crippen MR) is 107 cm³/mol. The molecule has 1 N–H and O–H groups in total. The molecule has 1 heterocycles. The average molecular weight is 351 g/mol. The van der Waals surface area contributed by atoms with Crippen molar-refractivity contribution in [3.05, 3.63) is 59.2 Å². The number of aliphatic hydroxyl groups excluding tert-OH is 1. The normalized spacial score (nSPS) is 20.4. The van der Waals surface area contributed by atoms with Crippen molar-refractivity contribution in [1.29, 1.82) is 0 Å². The summed E-state index contributed by atoms with van der Waals surface area (Å²) in [4.78, 5) is 5.11. The molecule has 2 aliphatic rings. The molecular weight excluding hydrogens is 320 g/mol. The number of benzene rings is 2. The molecule has 1 fully saturated rings. The van der Waals surface area contributed by atoms with E-state index in [1.807, 2.05) is 0 Å². The van der Waals surface area contributed by atoms with Crippen LogP contribution in [0.3, 0.4) is 0 Å². The average Bonchev–Trinajstić information content (AvgIpc) is 2.99. The fraction of sp³-hybridized carbons (Fsp3) is 0.478.